The molecule has 0 radical (unpaired) electrons. The number of halogens is 3. The molecule has 1 aromatic rings. The van der Waals surface area contributed by atoms with E-state index in [4.69, 9.17) is 0 Å². The lowest BCUT2D eigenvalue weighted by molar-refractivity contribution is -0.137. The van der Waals surface area contributed by atoms with E-state index >= 15 is 0 Å². The Morgan fingerprint density at radius 3 is 2.26 bits per heavy atom. The number of alkyl halides is 3. The van der Waals surface area contributed by atoms with E-state index in [9.17, 15) is 13.2 Å². The quantitative estimate of drug-likeness (QED) is 0.778. The highest BCUT2D eigenvalue weighted by atomic mass is 19.4. The fourth-order valence-corrected chi connectivity index (χ4v) is 1.70. The van der Waals surface area contributed by atoms with Crippen molar-refractivity contribution in [1.82, 2.24) is 5.32 Å². The minimum Gasteiger partial charge on any atom is -0.314 e. The first-order valence-electron chi connectivity index (χ1n) is 6.38. The average Bonchev–Trinajstić information content (AvgIpc) is 2.33. The van der Waals surface area contributed by atoms with Gasteiger partial charge in [-0.15, -0.1) is 0 Å². The molecule has 0 saturated carbocycles. The van der Waals surface area contributed by atoms with Crippen LogP contribution < -0.4 is 5.32 Å². The second kappa shape index (κ2) is 6.75. The molecule has 1 aromatic carbocycles. The molecule has 1 rings (SSSR count). The fourth-order valence-electron chi connectivity index (χ4n) is 1.70. The Morgan fingerprint density at radius 1 is 1.21 bits per heavy atom. The van der Waals surface area contributed by atoms with Crippen molar-refractivity contribution in [2.45, 2.75) is 39.4 Å². The van der Waals surface area contributed by atoms with Gasteiger partial charge >= 0.3 is 6.18 Å². The Hall–Kier alpha value is -1.29. The summed E-state index contributed by atoms with van der Waals surface area (Å²) in [6.07, 6.45) is -1.36. The molecule has 0 atom stereocenters. The van der Waals surface area contributed by atoms with E-state index in [1.54, 1.807) is 0 Å². The summed E-state index contributed by atoms with van der Waals surface area (Å²) >= 11 is 0. The number of benzene rings is 1. The lowest BCUT2D eigenvalue weighted by atomic mass is 10.0. The molecule has 4 heteroatoms. The van der Waals surface area contributed by atoms with Gasteiger partial charge in [-0.1, -0.05) is 32.1 Å². The van der Waals surface area contributed by atoms with E-state index in [1.807, 2.05) is 13.0 Å². The van der Waals surface area contributed by atoms with Crippen LogP contribution in [0.5, 0.6) is 0 Å². The molecule has 0 amide bonds. The van der Waals surface area contributed by atoms with Crippen molar-refractivity contribution >= 4 is 5.57 Å². The summed E-state index contributed by atoms with van der Waals surface area (Å²) in [5.41, 5.74) is 1.22. The molecule has 106 valence electrons. The van der Waals surface area contributed by atoms with Crippen molar-refractivity contribution in [1.29, 1.82) is 0 Å². The Labute approximate surface area is 112 Å². The van der Waals surface area contributed by atoms with Crippen LogP contribution in [0.3, 0.4) is 0 Å². The van der Waals surface area contributed by atoms with E-state index in [-0.39, 0.29) is 0 Å². The second-order valence-electron chi connectivity index (χ2n) is 4.86. The van der Waals surface area contributed by atoms with Gasteiger partial charge in [-0.05, 0) is 43.2 Å². The zero-order valence-corrected chi connectivity index (χ0v) is 11.5. The van der Waals surface area contributed by atoms with Crippen molar-refractivity contribution in [2.75, 3.05) is 6.54 Å². The van der Waals surface area contributed by atoms with Gasteiger partial charge in [-0.25, -0.2) is 0 Å². The summed E-state index contributed by atoms with van der Waals surface area (Å²) in [7, 11) is 0. The maximum atomic E-state index is 12.4. The SMILES string of the molecule is CC(=CCCNC(C)C)c1ccc(C(F)(F)F)cc1. The van der Waals surface area contributed by atoms with Gasteiger partial charge in [-0.2, -0.15) is 13.2 Å². The van der Waals surface area contributed by atoms with Gasteiger partial charge in [0.2, 0.25) is 0 Å². The van der Waals surface area contributed by atoms with Crippen LogP contribution in [0, 0.1) is 0 Å². The Morgan fingerprint density at radius 2 is 1.79 bits per heavy atom. The Bertz CT molecular complexity index is 416. The zero-order valence-electron chi connectivity index (χ0n) is 11.5. The minimum absolute atomic E-state index is 0.444. The molecule has 1 N–H and O–H groups in total. The highest BCUT2D eigenvalue weighted by molar-refractivity contribution is 5.63. The van der Waals surface area contributed by atoms with Crippen LogP contribution in [-0.2, 0) is 6.18 Å². The Balaban J connectivity index is 2.62. The molecule has 0 saturated heterocycles. The van der Waals surface area contributed by atoms with Crippen LogP contribution >= 0.6 is 0 Å². The third-order valence-corrected chi connectivity index (χ3v) is 2.82. The van der Waals surface area contributed by atoms with E-state index in [2.05, 4.69) is 19.2 Å². The molecule has 0 aliphatic carbocycles. The van der Waals surface area contributed by atoms with Crippen molar-refractivity contribution in [2.24, 2.45) is 0 Å². The summed E-state index contributed by atoms with van der Waals surface area (Å²) in [5, 5.41) is 3.29. The van der Waals surface area contributed by atoms with Crippen LogP contribution in [0.4, 0.5) is 13.2 Å². The monoisotopic (exact) mass is 271 g/mol. The van der Waals surface area contributed by atoms with Crippen molar-refractivity contribution in [3.8, 4) is 0 Å². The van der Waals surface area contributed by atoms with Crippen LogP contribution in [0.1, 0.15) is 38.3 Å². The lowest BCUT2D eigenvalue weighted by Crippen LogP contribution is -2.23. The maximum absolute atomic E-state index is 12.4. The molecule has 0 aromatic heterocycles. The molecular formula is C15H20F3N. The topological polar surface area (TPSA) is 12.0 Å². The van der Waals surface area contributed by atoms with Crippen molar-refractivity contribution in [3.05, 3.63) is 41.5 Å². The highest BCUT2D eigenvalue weighted by Crippen LogP contribution is 2.30. The van der Waals surface area contributed by atoms with Gasteiger partial charge in [0.25, 0.3) is 0 Å². The molecule has 0 unspecified atom stereocenters. The van der Waals surface area contributed by atoms with E-state index < -0.39 is 11.7 Å². The van der Waals surface area contributed by atoms with Crippen LogP contribution in [0.15, 0.2) is 30.3 Å². The fraction of sp³-hybridized carbons (Fsp3) is 0.467. The highest BCUT2D eigenvalue weighted by Gasteiger charge is 2.29. The first-order valence-corrected chi connectivity index (χ1v) is 6.38. The number of nitrogens with one attached hydrogen (secondary N) is 1. The third-order valence-electron chi connectivity index (χ3n) is 2.82. The number of rotatable bonds is 5. The smallest absolute Gasteiger partial charge is 0.314 e. The summed E-state index contributed by atoms with van der Waals surface area (Å²) in [5.74, 6) is 0. The first kappa shape index (κ1) is 15.8. The van der Waals surface area contributed by atoms with Gasteiger partial charge in [-0.3, -0.25) is 0 Å². The second-order valence-corrected chi connectivity index (χ2v) is 4.86. The minimum atomic E-state index is -4.27. The van der Waals surface area contributed by atoms with Gasteiger partial charge in [0.15, 0.2) is 0 Å². The first-order chi connectivity index (χ1) is 8.80. The Kier molecular flexibility index (Phi) is 5.60. The molecule has 0 heterocycles. The van der Waals surface area contributed by atoms with Crippen LogP contribution in [0.25, 0.3) is 5.57 Å². The average molecular weight is 271 g/mol. The molecule has 19 heavy (non-hydrogen) atoms. The molecule has 0 bridgehead atoms. The largest absolute Gasteiger partial charge is 0.416 e. The lowest BCUT2D eigenvalue weighted by Gasteiger charge is -2.09. The maximum Gasteiger partial charge on any atom is 0.416 e. The van der Waals surface area contributed by atoms with Crippen LogP contribution in [-0.4, -0.2) is 12.6 Å². The number of hydrogen-bond donors (Lipinski definition) is 1. The van der Waals surface area contributed by atoms with E-state index in [0.717, 1.165) is 36.2 Å². The molecule has 0 spiro atoms. The van der Waals surface area contributed by atoms with Gasteiger partial charge in [0, 0.05) is 6.04 Å². The molecule has 1 nitrogen and oxygen atoms in total. The zero-order chi connectivity index (χ0) is 14.5. The van der Waals surface area contributed by atoms with Gasteiger partial charge in [0.1, 0.15) is 0 Å². The van der Waals surface area contributed by atoms with Crippen molar-refractivity contribution in [3.63, 3.8) is 0 Å². The van der Waals surface area contributed by atoms with Crippen molar-refractivity contribution < 1.29 is 13.2 Å². The molecule has 0 aliphatic rings. The van der Waals surface area contributed by atoms with Gasteiger partial charge in [0.05, 0.1) is 5.56 Å². The molecular weight excluding hydrogens is 251 g/mol. The number of hydrogen-bond acceptors (Lipinski definition) is 1. The predicted molar refractivity (Wildman–Crippen MR) is 72.9 cm³/mol. The summed E-state index contributed by atoms with van der Waals surface area (Å²) in [4.78, 5) is 0. The van der Waals surface area contributed by atoms with Gasteiger partial charge < -0.3 is 5.32 Å². The normalized spacial score (nSPS) is 13.1. The number of allylic oxidation sites excluding steroid dienone is 1. The predicted octanol–water partition coefficient (Wildman–Crippen LogP) is 4.50. The van der Waals surface area contributed by atoms with Crippen LogP contribution in [0.2, 0.25) is 0 Å². The molecule has 0 fully saturated rings. The molecule has 0 aliphatic heterocycles. The standard InChI is InChI=1S/C15H20F3N/c1-11(2)19-10-4-5-12(3)13-6-8-14(9-7-13)15(16,17)18/h5-9,11,19H,4,10H2,1-3H3. The summed E-state index contributed by atoms with van der Waals surface area (Å²) in [6.45, 7) is 6.94. The van der Waals surface area contributed by atoms with E-state index in [0.29, 0.717) is 6.04 Å². The third kappa shape index (κ3) is 5.47. The summed E-state index contributed by atoms with van der Waals surface area (Å²) in [6, 6.07) is 5.73. The summed E-state index contributed by atoms with van der Waals surface area (Å²) < 4.78 is 37.3. The van der Waals surface area contributed by atoms with E-state index in [1.165, 1.54) is 12.1 Å².